The molecule has 1 aromatic carbocycles. The molecule has 1 N–H and O–H groups in total. The van der Waals surface area contributed by atoms with Gasteiger partial charge in [0.1, 0.15) is 5.69 Å². The molecule has 0 fully saturated rings. The van der Waals surface area contributed by atoms with Crippen molar-refractivity contribution in [2.24, 2.45) is 0 Å². The zero-order chi connectivity index (χ0) is 14.2. The molecule has 0 radical (unpaired) electrons. The standard InChI is InChI=1S/C16H17N2O2/c19-11-5-4-8-15-12-18(10-9-17-15)13-16(20)14-6-2-1-3-7-14/h1-4,6-10,12,19H,5,11,13H2/q+1. The maximum Gasteiger partial charge on any atom is 0.227 e. The number of nitrogens with zero attached hydrogens (tertiary/aromatic N) is 2. The lowest BCUT2D eigenvalue weighted by molar-refractivity contribution is -0.683. The zero-order valence-electron chi connectivity index (χ0n) is 11.1. The summed E-state index contributed by atoms with van der Waals surface area (Å²) in [5, 5.41) is 8.72. The van der Waals surface area contributed by atoms with Crippen molar-refractivity contribution >= 4 is 11.9 Å². The average Bonchev–Trinajstić information content (AvgIpc) is 2.49. The summed E-state index contributed by atoms with van der Waals surface area (Å²) in [7, 11) is 0. The maximum atomic E-state index is 12.1. The van der Waals surface area contributed by atoms with Gasteiger partial charge in [0.15, 0.2) is 12.4 Å². The van der Waals surface area contributed by atoms with Gasteiger partial charge >= 0.3 is 0 Å². The smallest absolute Gasteiger partial charge is 0.227 e. The average molecular weight is 269 g/mol. The van der Waals surface area contributed by atoms with Gasteiger partial charge in [-0.05, 0) is 12.5 Å². The minimum Gasteiger partial charge on any atom is -0.396 e. The summed E-state index contributed by atoms with van der Waals surface area (Å²) in [6, 6.07) is 9.22. The van der Waals surface area contributed by atoms with Crippen LogP contribution < -0.4 is 4.57 Å². The summed E-state index contributed by atoms with van der Waals surface area (Å²) in [6.07, 6.45) is 9.53. The lowest BCUT2D eigenvalue weighted by Crippen LogP contribution is -2.37. The molecule has 1 aromatic heterocycles. The number of aliphatic hydroxyl groups excluding tert-OH is 1. The molecule has 0 atom stereocenters. The Labute approximate surface area is 118 Å². The van der Waals surface area contributed by atoms with Crippen LogP contribution in [0.25, 0.3) is 6.08 Å². The van der Waals surface area contributed by atoms with Gasteiger partial charge in [0.25, 0.3) is 0 Å². The highest BCUT2D eigenvalue weighted by Crippen LogP contribution is 2.00. The molecule has 0 aliphatic carbocycles. The fourth-order valence-corrected chi connectivity index (χ4v) is 1.80. The molecule has 4 nitrogen and oxygen atoms in total. The molecule has 2 aromatic rings. The normalized spacial score (nSPS) is 10.8. The summed E-state index contributed by atoms with van der Waals surface area (Å²) >= 11 is 0. The van der Waals surface area contributed by atoms with E-state index in [0.29, 0.717) is 12.0 Å². The quantitative estimate of drug-likeness (QED) is 0.641. The van der Waals surface area contributed by atoms with Crippen LogP contribution in [-0.4, -0.2) is 22.5 Å². The fraction of sp³-hybridized carbons (Fsp3) is 0.188. The second-order valence-electron chi connectivity index (χ2n) is 4.36. The number of Topliss-reactive ketones (excluding diaryl/α,β-unsaturated/α-hetero) is 1. The van der Waals surface area contributed by atoms with Crippen LogP contribution in [0.4, 0.5) is 0 Å². The first-order valence-electron chi connectivity index (χ1n) is 6.50. The number of ketones is 1. The first-order chi connectivity index (χ1) is 9.79. The third-order valence-electron chi connectivity index (χ3n) is 2.79. The Balaban J connectivity index is 2.06. The highest BCUT2D eigenvalue weighted by molar-refractivity contribution is 5.94. The van der Waals surface area contributed by atoms with E-state index >= 15 is 0 Å². The lowest BCUT2D eigenvalue weighted by Gasteiger charge is -1.98. The van der Waals surface area contributed by atoms with E-state index in [2.05, 4.69) is 4.98 Å². The van der Waals surface area contributed by atoms with Gasteiger partial charge in [0, 0.05) is 12.2 Å². The van der Waals surface area contributed by atoms with E-state index in [1.807, 2.05) is 48.7 Å². The first kappa shape index (κ1) is 14.1. The second kappa shape index (κ2) is 7.31. The number of hydrogen-bond acceptors (Lipinski definition) is 3. The molecule has 20 heavy (non-hydrogen) atoms. The van der Waals surface area contributed by atoms with Crippen LogP contribution in [-0.2, 0) is 6.54 Å². The molecule has 0 spiro atoms. The van der Waals surface area contributed by atoms with Crippen LogP contribution in [0.1, 0.15) is 22.5 Å². The number of benzene rings is 1. The highest BCUT2D eigenvalue weighted by Gasteiger charge is 2.11. The van der Waals surface area contributed by atoms with Crippen LogP contribution in [0.3, 0.4) is 0 Å². The molecule has 1 heterocycles. The van der Waals surface area contributed by atoms with Gasteiger partial charge in [-0.1, -0.05) is 36.4 Å². The molecule has 2 rings (SSSR count). The van der Waals surface area contributed by atoms with Crippen LogP contribution in [0, 0.1) is 0 Å². The van der Waals surface area contributed by atoms with Crippen molar-refractivity contribution in [3.63, 3.8) is 0 Å². The predicted octanol–water partition coefficient (Wildman–Crippen LogP) is 1.65. The third-order valence-corrected chi connectivity index (χ3v) is 2.79. The SMILES string of the molecule is O=C(C[n+]1ccnc(C=CCCO)c1)c1ccccc1. The van der Waals surface area contributed by atoms with Crippen LogP contribution in [0.2, 0.25) is 0 Å². The van der Waals surface area contributed by atoms with Crippen LogP contribution in [0.15, 0.2) is 55.0 Å². The maximum absolute atomic E-state index is 12.1. The molecular formula is C16H17N2O2+. The summed E-state index contributed by atoms with van der Waals surface area (Å²) < 4.78 is 1.81. The molecule has 102 valence electrons. The third kappa shape index (κ3) is 4.10. The van der Waals surface area contributed by atoms with Crippen molar-refractivity contribution in [1.29, 1.82) is 0 Å². The molecule has 0 unspecified atom stereocenters. The van der Waals surface area contributed by atoms with Gasteiger partial charge in [-0.2, -0.15) is 4.57 Å². The van der Waals surface area contributed by atoms with Crippen molar-refractivity contribution in [1.82, 2.24) is 4.98 Å². The Morgan fingerprint density at radius 2 is 2.10 bits per heavy atom. The zero-order valence-corrected chi connectivity index (χ0v) is 11.1. The van der Waals surface area contributed by atoms with Gasteiger partial charge in [-0.15, -0.1) is 0 Å². The summed E-state index contributed by atoms with van der Waals surface area (Å²) in [5.41, 5.74) is 1.47. The Kier molecular flexibility index (Phi) is 5.15. The highest BCUT2D eigenvalue weighted by atomic mass is 16.2. The fourth-order valence-electron chi connectivity index (χ4n) is 1.80. The minimum atomic E-state index is 0.0621. The van der Waals surface area contributed by atoms with E-state index in [-0.39, 0.29) is 18.9 Å². The van der Waals surface area contributed by atoms with Crippen molar-refractivity contribution in [3.8, 4) is 0 Å². The van der Waals surface area contributed by atoms with Crippen molar-refractivity contribution in [3.05, 3.63) is 66.3 Å². The largest absolute Gasteiger partial charge is 0.396 e. The predicted molar refractivity (Wildman–Crippen MR) is 75.9 cm³/mol. The van der Waals surface area contributed by atoms with Crippen molar-refractivity contribution in [2.75, 3.05) is 6.61 Å². The van der Waals surface area contributed by atoms with Gasteiger partial charge in [-0.25, -0.2) is 4.98 Å². The topological polar surface area (TPSA) is 54.1 Å². The van der Waals surface area contributed by atoms with Crippen LogP contribution >= 0.6 is 0 Å². The number of rotatable bonds is 6. The molecule has 0 amide bonds. The van der Waals surface area contributed by atoms with E-state index in [1.54, 1.807) is 17.0 Å². The monoisotopic (exact) mass is 269 g/mol. The Bertz CT molecular complexity index is 594. The summed E-state index contributed by atoms with van der Waals surface area (Å²) in [5.74, 6) is 0.0621. The molecule has 0 bridgehead atoms. The molecule has 0 aliphatic heterocycles. The second-order valence-corrected chi connectivity index (χ2v) is 4.36. The van der Waals surface area contributed by atoms with Crippen molar-refractivity contribution in [2.45, 2.75) is 13.0 Å². The van der Waals surface area contributed by atoms with E-state index in [1.165, 1.54) is 0 Å². The first-order valence-corrected chi connectivity index (χ1v) is 6.50. The number of carbonyl (C=O) groups excluding carboxylic acids is 1. The molecular weight excluding hydrogens is 252 g/mol. The molecule has 0 aliphatic rings. The Morgan fingerprint density at radius 1 is 1.30 bits per heavy atom. The lowest BCUT2D eigenvalue weighted by atomic mass is 10.1. The Morgan fingerprint density at radius 3 is 2.85 bits per heavy atom. The van der Waals surface area contributed by atoms with E-state index in [4.69, 9.17) is 5.11 Å². The molecule has 4 heteroatoms. The van der Waals surface area contributed by atoms with Crippen molar-refractivity contribution < 1.29 is 14.5 Å². The van der Waals surface area contributed by atoms with Crippen LogP contribution in [0.5, 0.6) is 0 Å². The number of aliphatic hydroxyl groups is 1. The number of aromatic nitrogens is 2. The molecule has 0 saturated carbocycles. The minimum absolute atomic E-state index is 0.0621. The van der Waals surface area contributed by atoms with E-state index < -0.39 is 0 Å². The Hall–Kier alpha value is -2.33. The van der Waals surface area contributed by atoms with Gasteiger partial charge in [-0.3, -0.25) is 4.79 Å². The van der Waals surface area contributed by atoms with E-state index in [9.17, 15) is 4.79 Å². The van der Waals surface area contributed by atoms with Gasteiger partial charge in [0.2, 0.25) is 12.3 Å². The molecule has 0 saturated heterocycles. The number of carbonyl (C=O) groups is 1. The summed E-state index contributed by atoms with van der Waals surface area (Å²) in [4.78, 5) is 16.3. The van der Waals surface area contributed by atoms with E-state index in [0.717, 1.165) is 5.69 Å². The summed E-state index contributed by atoms with van der Waals surface area (Å²) in [6.45, 7) is 0.406. The van der Waals surface area contributed by atoms with Gasteiger partial charge in [0.05, 0.1) is 6.20 Å². The number of hydrogen-bond donors (Lipinski definition) is 1. The van der Waals surface area contributed by atoms with Gasteiger partial charge < -0.3 is 5.11 Å².